The minimum Gasteiger partial charge on any atom is -0.489 e. The molecular weight excluding hydrogens is 262 g/mol. The molecule has 1 N–H and O–H groups in total. The number of carbonyl (C=O) groups is 1. The zero-order valence-electron chi connectivity index (χ0n) is 10.3. The smallest absolute Gasteiger partial charge is 0.239 e. The molecule has 0 aliphatic carbocycles. The fourth-order valence-electron chi connectivity index (χ4n) is 1.57. The molecule has 0 saturated heterocycles. The van der Waals surface area contributed by atoms with E-state index in [0.717, 1.165) is 11.3 Å². The van der Waals surface area contributed by atoms with Gasteiger partial charge in [0.15, 0.2) is 0 Å². The summed E-state index contributed by atoms with van der Waals surface area (Å²) in [5.74, 6) is 0.485. The summed E-state index contributed by atoms with van der Waals surface area (Å²) in [6, 6.07) is 17.1. The second kappa shape index (κ2) is 6.81. The minimum absolute atomic E-state index is 0.0493. The second-order valence-electron chi connectivity index (χ2n) is 3.98. The van der Waals surface area contributed by atoms with Crippen molar-refractivity contribution >= 4 is 23.2 Å². The number of anilines is 1. The third kappa shape index (κ3) is 4.30. The number of benzene rings is 2. The quantitative estimate of drug-likeness (QED) is 0.849. The summed E-state index contributed by atoms with van der Waals surface area (Å²) in [6.07, 6.45) is 0. The third-order valence-corrected chi connectivity index (χ3v) is 2.75. The van der Waals surface area contributed by atoms with Crippen molar-refractivity contribution in [1.29, 1.82) is 0 Å². The number of nitrogens with one attached hydrogen (secondary N) is 1. The van der Waals surface area contributed by atoms with Gasteiger partial charge in [-0.25, -0.2) is 0 Å². The van der Waals surface area contributed by atoms with Gasteiger partial charge in [0.05, 0.1) is 0 Å². The molecule has 0 aromatic heterocycles. The highest BCUT2D eigenvalue weighted by Gasteiger charge is 2.00. The summed E-state index contributed by atoms with van der Waals surface area (Å²) in [4.78, 5) is 11.1. The van der Waals surface area contributed by atoms with Crippen molar-refractivity contribution in [2.24, 2.45) is 0 Å². The van der Waals surface area contributed by atoms with Crippen LogP contribution in [0.2, 0.25) is 0 Å². The van der Waals surface area contributed by atoms with Gasteiger partial charge in [-0.2, -0.15) is 0 Å². The summed E-state index contributed by atoms with van der Waals surface area (Å²) in [5.41, 5.74) is 1.82. The molecule has 2 aromatic rings. The van der Waals surface area contributed by atoms with Gasteiger partial charge in [0.25, 0.3) is 0 Å². The zero-order chi connectivity index (χ0) is 13.5. The van der Waals surface area contributed by atoms with Gasteiger partial charge in [0.2, 0.25) is 5.91 Å². The largest absolute Gasteiger partial charge is 0.489 e. The fourth-order valence-corrected chi connectivity index (χ4v) is 1.64. The Hall–Kier alpha value is -2.00. The van der Waals surface area contributed by atoms with E-state index in [0.29, 0.717) is 12.3 Å². The van der Waals surface area contributed by atoms with E-state index in [9.17, 15) is 4.79 Å². The molecule has 2 aromatic carbocycles. The maximum Gasteiger partial charge on any atom is 0.239 e. The van der Waals surface area contributed by atoms with Crippen molar-refractivity contribution in [3.05, 3.63) is 60.2 Å². The minimum atomic E-state index is -0.223. The number of rotatable bonds is 5. The number of hydrogen-bond donors (Lipinski definition) is 1. The average molecular weight is 276 g/mol. The second-order valence-corrected chi connectivity index (χ2v) is 4.25. The third-order valence-electron chi connectivity index (χ3n) is 2.51. The van der Waals surface area contributed by atoms with Crippen LogP contribution >= 0.6 is 11.6 Å². The van der Waals surface area contributed by atoms with Gasteiger partial charge in [-0.05, 0) is 29.8 Å². The molecule has 0 unspecified atom stereocenters. The van der Waals surface area contributed by atoms with Crippen molar-refractivity contribution in [1.82, 2.24) is 0 Å². The van der Waals surface area contributed by atoms with Gasteiger partial charge >= 0.3 is 0 Å². The van der Waals surface area contributed by atoms with Gasteiger partial charge in [0, 0.05) is 5.69 Å². The molecule has 0 spiro atoms. The van der Waals surface area contributed by atoms with Gasteiger partial charge in [-0.1, -0.05) is 30.3 Å². The van der Waals surface area contributed by atoms with Crippen LogP contribution in [0.25, 0.3) is 0 Å². The van der Waals surface area contributed by atoms with Crippen molar-refractivity contribution < 1.29 is 9.53 Å². The Kier molecular flexibility index (Phi) is 4.81. The Bertz CT molecular complexity index is 526. The van der Waals surface area contributed by atoms with Crippen LogP contribution in [0, 0.1) is 0 Å². The number of amides is 1. The van der Waals surface area contributed by atoms with Crippen LogP contribution in [-0.2, 0) is 11.4 Å². The lowest BCUT2D eigenvalue weighted by Gasteiger charge is -2.07. The summed E-state index contributed by atoms with van der Waals surface area (Å²) in [5, 5.41) is 2.67. The summed E-state index contributed by atoms with van der Waals surface area (Å²) < 4.78 is 5.64. The summed E-state index contributed by atoms with van der Waals surface area (Å²) >= 11 is 5.41. The molecule has 19 heavy (non-hydrogen) atoms. The fraction of sp³-hybridized carbons (Fsp3) is 0.133. The maximum absolute atomic E-state index is 11.1. The summed E-state index contributed by atoms with van der Waals surface area (Å²) in [6.45, 7) is 0.522. The van der Waals surface area contributed by atoms with Gasteiger partial charge < -0.3 is 10.1 Å². The van der Waals surface area contributed by atoms with Crippen molar-refractivity contribution in [3.63, 3.8) is 0 Å². The highest BCUT2D eigenvalue weighted by molar-refractivity contribution is 6.29. The Morgan fingerprint density at radius 1 is 1.05 bits per heavy atom. The molecule has 0 atom stereocenters. The first-order chi connectivity index (χ1) is 9.28. The molecule has 4 heteroatoms. The number of hydrogen-bond acceptors (Lipinski definition) is 2. The maximum atomic E-state index is 11.1. The predicted octanol–water partition coefficient (Wildman–Crippen LogP) is 3.44. The molecule has 3 nitrogen and oxygen atoms in total. The molecule has 1 amide bonds. The topological polar surface area (TPSA) is 38.3 Å². The molecule has 0 aliphatic heterocycles. The van der Waals surface area contributed by atoms with Crippen LogP contribution in [-0.4, -0.2) is 11.8 Å². The van der Waals surface area contributed by atoms with Crippen molar-refractivity contribution in [2.45, 2.75) is 6.61 Å². The summed E-state index contributed by atoms with van der Waals surface area (Å²) in [7, 11) is 0. The highest BCUT2D eigenvalue weighted by atomic mass is 35.5. The van der Waals surface area contributed by atoms with E-state index in [1.54, 1.807) is 12.1 Å². The Morgan fingerprint density at radius 3 is 2.37 bits per heavy atom. The average Bonchev–Trinajstić information content (AvgIpc) is 2.47. The van der Waals surface area contributed by atoms with Crippen LogP contribution in [0.15, 0.2) is 54.6 Å². The number of carbonyl (C=O) groups excluding carboxylic acids is 1. The molecule has 0 aliphatic rings. The molecule has 0 fully saturated rings. The monoisotopic (exact) mass is 275 g/mol. The van der Waals surface area contributed by atoms with Gasteiger partial charge in [-0.15, -0.1) is 11.6 Å². The number of halogens is 1. The Labute approximate surface area is 117 Å². The first-order valence-corrected chi connectivity index (χ1v) is 6.44. The Morgan fingerprint density at radius 2 is 1.74 bits per heavy atom. The molecule has 2 rings (SSSR count). The Balaban J connectivity index is 1.90. The molecule has 0 heterocycles. The van der Waals surface area contributed by atoms with E-state index in [4.69, 9.17) is 16.3 Å². The standard InChI is InChI=1S/C15H14ClNO2/c16-10-15(18)17-13-6-8-14(9-7-13)19-11-12-4-2-1-3-5-12/h1-9H,10-11H2,(H,17,18). The first kappa shape index (κ1) is 13.4. The zero-order valence-corrected chi connectivity index (χ0v) is 11.1. The number of alkyl halides is 1. The lowest BCUT2D eigenvalue weighted by atomic mass is 10.2. The van der Waals surface area contributed by atoms with Crippen LogP contribution in [0.4, 0.5) is 5.69 Å². The number of ether oxygens (including phenoxy) is 1. The molecular formula is C15H14ClNO2. The molecule has 98 valence electrons. The van der Waals surface area contributed by atoms with Crippen molar-refractivity contribution in [3.8, 4) is 5.75 Å². The predicted molar refractivity (Wildman–Crippen MR) is 76.6 cm³/mol. The van der Waals surface area contributed by atoms with E-state index < -0.39 is 0 Å². The van der Waals surface area contributed by atoms with Crippen LogP contribution in [0.1, 0.15) is 5.56 Å². The van der Waals surface area contributed by atoms with E-state index in [1.807, 2.05) is 42.5 Å². The lowest BCUT2D eigenvalue weighted by molar-refractivity contribution is -0.113. The van der Waals surface area contributed by atoms with Gasteiger partial charge in [-0.3, -0.25) is 4.79 Å². The van der Waals surface area contributed by atoms with E-state index >= 15 is 0 Å². The van der Waals surface area contributed by atoms with E-state index in [2.05, 4.69) is 5.32 Å². The van der Waals surface area contributed by atoms with E-state index in [1.165, 1.54) is 0 Å². The molecule has 0 bridgehead atoms. The molecule has 0 radical (unpaired) electrons. The van der Waals surface area contributed by atoms with Crippen LogP contribution in [0.3, 0.4) is 0 Å². The highest BCUT2D eigenvalue weighted by Crippen LogP contribution is 2.17. The SMILES string of the molecule is O=C(CCl)Nc1ccc(OCc2ccccc2)cc1. The molecule has 0 saturated carbocycles. The lowest BCUT2D eigenvalue weighted by Crippen LogP contribution is -2.12. The van der Waals surface area contributed by atoms with Crippen molar-refractivity contribution in [2.75, 3.05) is 11.2 Å². The first-order valence-electron chi connectivity index (χ1n) is 5.90. The van der Waals surface area contributed by atoms with E-state index in [-0.39, 0.29) is 11.8 Å². The normalized spacial score (nSPS) is 9.95. The van der Waals surface area contributed by atoms with Crippen LogP contribution in [0.5, 0.6) is 5.75 Å². The van der Waals surface area contributed by atoms with Crippen LogP contribution < -0.4 is 10.1 Å². The van der Waals surface area contributed by atoms with Gasteiger partial charge in [0.1, 0.15) is 18.2 Å².